The Kier molecular flexibility index (Phi) is 6.63. The number of H-pyrrole nitrogens is 1. The van der Waals surface area contributed by atoms with Crippen LogP contribution in [0.4, 0.5) is 5.69 Å². The lowest BCUT2D eigenvalue weighted by molar-refractivity contribution is -0.115. The monoisotopic (exact) mass is 486 g/mol. The maximum absolute atomic E-state index is 12.5. The highest BCUT2D eigenvalue weighted by Crippen LogP contribution is 2.19. The van der Waals surface area contributed by atoms with Gasteiger partial charge in [0.25, 0.3) is 11.5 Å². The molecule has 2 amide bonds. The molecule has 0 saturated heterocycles. The number of aryl methyl sites for hydroxylation is 1. The van der Waals surface area contributed by atoms with Gasteiger partial charge < -0.3 is 15.6 Å². The van der Waals surface area contributed by atoms with Crippen molar-refractivity contribution >= 4 is 56.6 Å². The van der Waals surface area contributed by atoms with Crippen LogP contribution >= 0.6 is 28.1 Å². The zero-order valence-corrected chi connectivity index (χ0v) is 18.5. The molecule has 0 aliphatic heterocycles. The van der Waals surface area contributed by atoms with Crippen LogP contribution in [0, 0.1) is 11.7 Å². The zero-order chi connectivity index (χ0) is 21.8. The topological polar surface area (TPSA) is 96.0 Å². The van der Waals surface area contributed by atoms with Crippen LogP contribution in [0.25, 0.3) is 10.9 Å². The van der Waals surface area contributed by atoms with Crippen molar-refractivity contribution in [1.82, 2.24) is 14.9 Å². The molecule has 3 aromatic rings. The second kappa shape index (κ2) is 9.19. The number of nitrogens with zero attached hydrogens (tertiary/aromatic N) is 1. The lowest BCUT2D eigenvalue weighted by atomic mass is 10.1. The van der Waals surface area contributed by atoms with E-state index >= 15 is 0 Å². The number of allylic oxidation sites excluding steroid dienone is 1. The summed E-state index contributed by atoms with van der Waals surface area (Å²) in [6.45, 7) is 5.59. The summed E-state index contributed by atoms with van der Waals surface area (Å²) in [4.78, 5) is 40.1. The smallest absolute Gasteiger partial charge is 0.262 e. The largest absolute Gasteiger partial charge is 0.343 e. The van der Waals surface area contributed by atoms with Gasteiger partial charge in [0, 0.05) is 22.3 Å². The highest BCUT2D eigenvalue weighted by Gasteiger charge is 2.12. The highest BCUT2D eigenvalue weighted by molar-refractivity contribution is 9.10. The van der Waals surface area contributed by atoms with Crippen molar-refractivity contribution in [2.45, 2.75) is 13.5 Å². The number of nitrogens with one attached hydrogen (secondary N) is 3. The molecule has 30 heavy (non-hydrogen) atoms. The number of anilines is 1. The average Bonchev–Trinajstić information content (AvgIpc) is 2.71. The lowest BCUT2D eigenvalue weighted by Gasteiger charge is -2.10. The molecule has 1 heterocycles. The van der Waals surface area contributed by atoms with Crippen LogP contribution in [-0.2, 0) is 11.3 Å². The summed E-state index contributed by atoms with van der Waals surface area (Å²) in [5.74, 6) is -0.782. The van der Waals surface area contributed by atoms with Crippen molar-refractivity contribution in [3.63, 3.8) is 0 Å². The Labute approximate surface area is 185 Å². The predicted octanol–water partition coefficient (Wildman–Crippen LogP) is 3.68. The summed E-state index contributed by atoms with van der Waals surface area (Å²) in [6.07, 6.45) is 1.58. The Hall–Kier alpha value is -3.04. The molecular weight excluding hydrogens is 468 g/mol. The van der Waals surface area contributed by atoms with Crippen LogP contribution < -0.4 is 16.2 Å². The van der Waals surface area contributed by atoms with Crippen molar-refractivity contribution in [2.75, 3.05) is 11.9 Å². The first-order valence-corrected chi connectivity index (χ1v) is 10.2. The number of halogens is 1. The summed E-state index contributed by atoms with van der Waals surface area (Å²) in [6, 6.07) is 10.1. The Morgan fingerprint density at radius 3 is 2.73 bits per heavy atom. The van der Waals surface area contributed by atoms with E-state index < -0.39 is 5.91 Å². The number of rotatable bonds is 6. The van der Waals surface area contributed by atoms with Gasteiger partial charge in [-0.2, -0.15) is 0 Å². The molecule has 2 aromatic carbocycles. The molecule has 154 valence electrons. The summed E-state index contributed by atoms with van der Waals surface area (Å²) in [7, 11) is 0. The molecule has 3 N–H and O–H groups in total. The van der Waals surface area contributed by atoms with Gasteiger partial charge in [0.1, 0.15) is 0 Å². The number of hydrogen-bond donors (Lipinski definition) is 3. The standard InChI is InChI=1S/C21H19BrN4O3S/c1-3-8-26-20(29)15-6-4-13(10-17(15)25-21(26)30)19(28)23-11-18(27)24-16-7-5-14(22)9-12(16)2/h3-7,9-10H,1,8,11H2,2H3,(H,23,28)(H,24,27)(H,25,30). The van der Waals surface area contributed by atoms with Gasteiger partial charge in [0.05, 0.1) is 17.4 Å². The Morgan fingerprint density at radius 1 is 1.27 bits per heavy atom. The van der Waals surface area contributed by atoms with Gasteiger partial charge in [-0.3, -0.25) is 19.0 Å². The van der Waals surface area contributed by atoms with E-state index in [0.29, 0.717) is 28.7 Å². The Bertz CT molecular complexity index is 1280. The minimum absolute atomic E-state index is 0.191. The van der Waals surface area contributed by atoms with Crippen molar-refractivity contribution in [1.29, 1.82) is 0 Å². The zero-order valence-electron chi connectivity index (χ0n) is 16.1. The number of hydrogen-bond acceptors (Lipinski definition) is 4. The number of benzene rings is 2. The second-order valence-electron chi connectivity index (χ2n) is 6.59. The van der Waals surface area contributed by atoms with E-state index in [4.69, 9.17) is 12.2 Å². The van der Waals surface area contributed by atoms with E-state index in [2.05, 4.69) is 38.1 Å². The summed E-state index contributed by atoms with van der Waals surface area (Å²) >= 11 is 8.58. The first-order chi connectivity index (χ1) is 14.3. The fraction of sp³-hybridized carbons (Fsp3) is 0.143. The molecule has 0 spiro atoms. The number of carbonyl (C=O) groups excluding carboxylic acids is 2. The van der Waals surface area contributed by atoms with E-state index in [9.17, 15) is 14.4 Å². The van der Waals surface area contributed by atoms with Crippen LogP contribution in [0.3, 0.4) is 0 Å². The highest BCUT2D eigenvalue weighted by atomic mass is 79.9. The molecule has 0 bridgehead atoms. The van der Waals surface area contributed by atoms with E-state index in [1.807, 2.05) is 19.1 Å². The minimum atomic E-state index is -0.436. The van der Waals surface area contributed by atoms with Crippen molar-refractivity contribution in [2.24, 2.45) is 0 Å². The van der Waals surface area contributed by atoms with E-state index in [1.165, 1.54) is 16.7 Å². The molecule has 0 unspecified atom stereocenters. The number of aromatic nitrogens is 2. The SMILES string of the molecule is C=CCn1c(=S)[nH]c2cc(C(=O)NCC(=O)Nc3ccc(Br)cc3C)ccc2c1=O. The molecule has 0 fully saturated rings. The molecule has 0 saturated carbocycles. The third kappa shape index (κ3) is 4.74. The first kappa shape index (κ1) is 21.7. The van der Waals surface area contributed by atoms with Gasteiger partial charge in [-0.25, -0.2) is 0 Å². The number of amides is 2. The lowest BCUT2D eigenvalue weighted by Crippen LogP contribution is -2.33. The van der Waals surface area contributed by atoms with Gasteiger partial charge >= 0.3 is 0 Å². The number of aromatic amines is 1. The number of carbonyl (C=O) groups is 2. The maximum atomic E-state index is 12.5. The van der Waals surface area contributed by atoms with Gasteiger partial charge in [-0.15, -0.1) is 6.58 Å². The van der Waals surface area contributed by atoms with Crippen LogP contribution in [0.5, 0.6) is 0 Å². The molecule has 3 rings (SSSR count). The minimum Gasteiger partial charge on any atom is -0.343 e. The third-order valence-electron chi connectivity index (χ3n) is 4.43. The molecular formula is C21H19BrN4O3S. The van der Waals surface area contributed by atoms with Crippen LogP contribution in [0.2, 0.25) is 0 Å². The van der Waals surface area contributed by atoms with Gasteiger partial charge in [0.15, 0.2) is 4.77 Å². The first-order valence-electron chi connectivity index (χ1n) is 9.02. The van der Waals surface area contributed by atoms with Crippen molar-refractivity contribution < 1.29 is 9.59 Å². The molecule has 7 nitrogen and oxygen atoms in total. The molecule has 9 heteroatoms. The van der Waals surface area contributed by atoms with Gasteiger partial charge in [0.2, 0.25) is 5.91 Å². The maximum Gasteiger partial charge on any atom is 0.262 e. The van der Waals surface area contributed by atoms with Crippen molar-refractivity contribution in [3.05, 3.63) is 79.8 Å². The Morgan fingerprint density at radius 2 is 2.03 bits per heavy atom. The molecule has 0 atom stereocenters. The number of fused-ring (bicyclic) bond motifs is 1. The normalized spacial score (nSPS) is 10.6. The quantitative estimate of drug-likeness (QED) is 0.365. The van der Waals surface area contributed by atoms with E-state index in [-0.39, 0.29) is 22.8 Å². The molecule has 0 radical (unpaired) electrons. The molecule has 1 aromatic heterocycles. The van der Waals surface area contributed by atoms with Crippen LogP contribution in [-0.4, -0.2) is 27.9 Å². The van der Waals surface area contributed by atoms with Crippen LogP contribution in [0.15, 0.2) is 58.3 Å². The van der Waals surface area contributed by atoms with E-state index in [0.717, 1.165) is 10.0 Å². The second-order valence-corrected chi connectivity index (χ2v) is 7.89. The van der Waals surface area contributed by atoms with Crippen LogP contribution in [0.1, 0.15) is 15.9 Å². The predicted molar refractivity (Wildman–Crippen MR) is 123 cm³/mol. The average molecular weight is 487 g/mol. The fourth-order valence-corrected chi connectivity index (χ4v) is 3.66. The molecule has 0 aliphatic rings. The fourth-order valence-electron chi connectivity index (χ4n) is 2.91. The van der Waals surface area contributed by atoms with Gasteiger partial charge in [-0.1, -0.05) is 22.0 Å². The van der Waals surface area contributed by atoms with Gasteiger partial charge in [-0.05, 0) is 61.1 Å². The van der Waals surface area contributed by atoms with E-state index in [1.54, 1.807) is 18.2 Å². The Balaban J connectivity index is 1.73. The third-order valence-corrected chi connectivity index (χ3v) is 5.24. The summed E-state index contributed by atoms with van der Waals surface area (Å²) < 4.78 is 2.55. The summed E-state index contributed by atoms with van der Waals surface area (Å²) in [5, 5.41) is 5.75. The summed E-state index contributed by atoms with van der Waals surface area (Å²) in [5.41, 5.74) is 2.07. The molecule has 0 aliphatic carbocycles. The van der Waals surface area contributed by atoms with Crippen molar-refractivity contribution in [3.8, 4) is 0 Å².